The van der Waals surface area contributed by atoms with Crippen molar-refractivity contribution in [3.8, 4) is 11.5 Å². The quantitative estimate of drug-likeness (QED) is 0.166. The van der Waals surface area contributed by atoms with Gasteiger partial charge in [-0.05, 0) is 88.5 Å². The maximum Gasteiger partial charge on any atom is 0.407 e. The van der Waals surface area contributed by atoms with E-state index >= 15 is 0 Å². The summed E-state index contributed by atoms with van der Waals surface area (Å²) in [5.74, 6) is 1.70. The lowest BCUT2D eigenvalue weighted by molar-refractivity contribution is 0.0889. The van der Waals surface area contributed by atoms with Crippen LogP contribution in [0.3, 0.4) is 0 Å². The van der Waals surface area contributed by atoms with Crippen LogP contribution < -0.4 is 20.5 Å². The smallest absolute Gasteiger partial charge is 0.407 e. The number of ether oxygens (including phenoxy) is 5. The van der Waals surface area contributed by atoms with Crippen molar-refractivity contribution in [1.29, 1.82) is 0 Å². The van der Waals surface area contributed by atoms with Crippen molar-refractivity contribution in [2.45, 2.75) is 19.4 Å². The minimum absolute atomic E-state index is 0.275. The number of carbonyl (C=O) groups excluding carboxylic acids is 1. The molecule has 0 aliphatic heterocycles. The van der Waals surface area contributed by atoms with E-state index in [4.69, 9.17) is 29.4 Å². The van der Waals surface area contributed by atoms with Crippen molar-refractivity contribution < 1.29 is 28.5 Å². The summed E-state index contributed by atoms with van der Waals surface area (Å²) in [5.41, 5.74) is 8.83. The number of amides is 1. The van der Waals surface area contributed by atoms with Gasteiger partial charge in [0.1, 0.15) is 31.3 Å². The maximum absolute atomic E-state index is 11.7. The average Bonchev–Trinajstić information content (AvgIpc) is 3.05. The third kappa shape index (κ3) is 19.7. The van der Waals surface area contributed by atoms with Crippen LogP contribution in [0.4, 0.5) is 4.79 Å². The van der Waals surface area contributed by atoms with E-state index in [1.807, 2.05) is 94.9 Å². The monoisotopic (exact) mass is 638 g/mol. The molecule has 254 valence electrons. The molecule has 1 amide bonds. The van der Waals surface area contributed by atoms with E-state index < -0.39 is 6.09 Å². The molecule has 0 fully saturated rings. The first kappa shape index (κ1) is 38.5. The number of benzene rings is 3. The Bertz CT molecular complexity index is 1160. The zero-order chi connectivity index (χ0) is 33.2. The molecule has 0 aliphatic rings. The van der Waals surface area contributed by atoms with Gasteiger partial charge >= 0.3 is 6.09 Å². The van der Waals surface area contributed by atoms with Gasteiger partial charge in [-0.15, -0.1) is 0 Å². The second kappa shape index (κ2) is 24.5. The fourth-order valence-corrected chi connectivity index (χ4v) is 3.89. The van der Waals surface area contributed by atoms with Crippen molar-refractivity contribution in [2.75, 3.05) is 94.0 Å². The highest BCUT2D eigenvalue weighted by Gasteiger charge is 2.03. The Balaban J connectivity index is 0.000000353. The molecule has 0 saturated heterocycles. The van der Waals surface area contributed by atoms with Gasteiger partial charge in [-0.2, -0.15) is 0 Å². The first-order chi connectivity index (χ1) is 22.4. The summed E-state index contributed by atoms with van der Waals surface area (Å²) in [6.45, 7) is 7.08. The zero-order valence-electron chi connectivity index (χ0n) is 28.1. The van der Waals surface area contributed by atoms with Crippen LogP contribution in [-0.4, -0.2) is 110 Å². The number of nitrogens with one attached hydrogen (secondary N) is 1. The molecular formula is C36H54N4O6. The van der Waals surface area contributed by atoms with Crippen molar-refractivity contribution in [1.82, 2.24) is 15.1 Å². The Labute approximate surface area is 275 Å². The van der Waals surface area contributed by atoms with Gasteiger partial charge in [0.2, 0.25) is 0 Å². The minimum atomic E-state index is -0.405. The molecule has 0 heterocycles. The first-order valence-electron chi connectivity index (χ1n) is 15.9. The number of alkyl carbamates (subject to hydrolysis) is 1. The van der Waals surface area contributed by atoms with Crippen LogP contribution in [-0.2, 0) is 33.7 Å². The summed E-state index contributed by atoms with van der Waals surface area (Å²) in [6.07, 6.45) is 1.24. The fraction of sp³-hybridized carbons (Fsp3) is 0.472. The van der Waals surface area contributed by atoms with Crippen LogP contribution in [0.25, 0.3) is 0 Å². The Morgan fingerprint density at radius 3 is 1.61 bits per heavy atom. The van der Waals surface area contributed by atoms with Gasteiger partial charge in [0.15, 0.2) is 0 Å². The molecule has 46 heavy (non-hydrogen) atoms. The van der Waals surface area contributed by atoms with Gasteiger partial charge in [0.05, 0.1) is 26.4 Å². The molecule has 0 spiro atoms. The van der Waals surface area contributed by atoms with Gasteiger partial charge < -0.3 is 44.5 Å². The van der Waals surface area contributed by atoms with Crippen LogP contribution >= 0.6 is 0 Å². The standard InChI is InChI=1S/C22H30N2O4.C14H24N2O2/c1-24(2)14-15-26-16-17-27-21-10-8-19(9-11-21)12-13-23-22(25)28-18-20-6-4-3-5-7-20;1-16(2)9-10-17-11-12-18-14-5-3-13(4-6-14)7-8-15/h3-11H,12-18H2,1-2H3,(H,23,25);3-6H,7-12,15H2,1-2H3. The molecule has 10 nitrogen and oxygen atoms in total. The molecule has 0 aliphatic carbocycles. The summed E-state index contributed by atoms with van der Waals surface area (Å²) < 4.78 is 27.4. The number of hydrogen-bond donors (Lipinski definition) is 2. The Morgan fingerprint density at radius 2 is 1.13 bits per heavy atom. The SMILES string of the molecule is CN(C)CCOCCOc1ccc(CCN)cc1.CN(C)CCOCCOc1ccc(CCNC(=O)OCc2ccccc2)cc1. The van der Waals surface area contributed by atoms with Gasteiger partial charge in [0.25, 0.3) is 0 Å². The fourth-order valence-electron chi connectivity index (χ4n) is 3.89. The van der Waals surface area contributed by atoms with Gasteiger partial charge in [-0.25, -0.2) is 4.79 Å². The first-order valence-corrected chi connectivity index (χ1v) is 15.9. The summed E-state index contributed by atoms with van der Waals surface area (Å²) in [5, 5.41) is 2.77. The predicted molar refractivity (Wildman–Crippen MR) is 184 cm³/mol. The Morgan fingerprint density at radius 1 is 0.630 bits per heavy atom. The largest absolute Gasteiger partial charge is 0.491 e. The molecule has 3 N–H and O–H groups in total. The number of nitrogens with two attached hydrogens (primary N) is 1. The lowest BCUT2D eigenvalue weighted by Gasteiger charge is -2.11. The molecule has 10 heteroatoms. The average molecular weight is 639 g/mol. The molecule has 3 aromatic rings. The van der Waals surface area contributed by atoms with Crippen LogP contribution in [0.2, 0.25) is 0 Å². The number of hydrogen-bond acceptors (Lipinski definition) is 9. The number of likely N-dealkylation sites (N-methyl/N-ethyl adjacent to an activating group) is 2. The van der Waals surface area contributed by atoms with Gasteiger partial charge in [-0.1, -0.05) is 54.6 Å². The van der Waals surface area contributed by atoms with E-state index in [0.29, 0.717) is 46.1 Å². The summed E-state index contributed by atoms with van der Waals surface area (Å²) >= 11 is 0. The molecular weight excluding hydrogens is 584 g/mol. The highest BCUT2D eigenvalue weighted by molar-refractivity contribution is 5.67. The molecule has 0 unspecified atom stereocenters. The van der Waals surface area contributed by atoms with Crippen molar-refractivity contribution in [3.63, 3.8) is 0 Å². The van der Waals surface area contributed by atoms with Gasteiger partial charge in [-0.3, -0.25) is 0 Å². The van der Waals surface area contributed by atoms with E-state index in [9.17, 15) is 4.79 Å². The molecule has 3 aromatic carbocycles. The predicted octanol–water partition coefficient (Wildman–Crippen LogP) is 4.26. The highest BCUT2D eigenvalue weighted by atomic mass is 16.5. The second-order valence-electron chi connectivity index (χ2n) is 11.1. The summed E-state index contributed by atoms with van der Waals surface area (Å²) in [6, 6.07) is 25.5. The van der Waals surface area contributed by atoms with Crippen LogP contribution in [0.1, 0.15) is 16.7 Å². The topological polar surface area (TPSA) is 108 Å². The summed E-state index contributed by atoms with van der Waals surface area (Å²) in [4.78, 5) is 15.9. The molecule has 0 atom stereocenters. The Hall–Kier alpha value is -3.67. The lowest BCUT2D eigenvalue weighted by atomic mass is 10.1. The number of nitrogens with zero attached hydrogens (tertiary/aromatic N) is 2. The van der Waals surface area contributed by atoms with Gasteiger partial charge in [0, 0.05) is 19.6 Å². The molecule has 0 saturated carbocycles. The lowest BCUT2D eigenvalue weighted by Crippen LogP contribution is -2.26. The van der Waals surface area contributed by atoms with E-state index in [-0.39, 0.29) is 6.61 Å². The molecule has 3 rings (SSSR count). The zero-order valence-corrected chi connectivity index (χ0v) is 28.1. The van der Waals surface area contributed by atoms with Crippen LogP contribution in [0.15, 0.2) is 78.9 Å². The van der Waals surface area contributed by atoms with Crippen LogP contribution in [0.5, 0.6) is 11.5 Å². The van der Waals surface area contributed by atoms with Crippen LogP contribution in [0, 0.1) is 0 Å². The highest BCUT2D eigenvalue weighted by Crippen LogP contribution is 2.13. The molecule has 0 bridgehead atoms. The molecule has 0 radical (unpaired) electrons. The van der Waals surface area contributed by atoms with Crippen molar-refractivity contribution in [3.05, 3.63) is 95.6 Å². The normalized spacial score (nSPS) is 10.8. The minimum Gasteiger partial charge on any atom is -0.491 e. The van der Waals surface area contributed by atoms with E-state index in [0.717, 1.165) is 55.2 Å². The van der Waals surface area contributed by atoms with E-state index in [1.54, 1.807) is 0 Å². The van der Waals surface area contributed by atoms with Crippen molar-refractivity contribution >= 4 is 6.09 Å². The molecule has 0 aromatic heterocycles. The van der Waals surface area contributed by atoms with E-state index in [2.05, 4.69) is 27.2 Å². The second-order valence-corrected chi connectivity index (χ2v) is 11.1. The Kier molecular flexibility index (Phi) is 20.6. The third-order valence-corrected chi connectivity index (χ3v) is 6.53. The van der Waals surface area contributed by atoms with E-state index in [1.165, 1.54) is 5.56 Å². The maximum atomic E-state index is 11.7. The summed E-state index contributed by atoms with van der Waals surface area (Å²) in [7, 11) is 8.10. The number of carbonyl (C=O) groups is 1. The third-order valence-electron chi connectivity index (χ3n) is 6.53. The van der Waals surface area contributed by atoms with Crippen molar-refractivity contribution in [2.24, 2.45) is 5.73 Å². The number of rotatable bonds is 21.